The highest BCUT2D eigenvalue weighted by molar-refractivity contribution is 7.15. The quantitative estimate of drug-likeness (QED) is 0.898. The van der Waals surface area contributed by atoms with E-state index in [4.69, 9.17) is 0 Å². The van der Waals surface area contributed by atoms with E-state index >= 15 is 0 Å². The average molecular weight is 248 g/mol. The van der Waals surface area contributed by atoms with Crippen molar-refractivity contribution >= 4 is 11.3 Å². The largest absolute Gasteiger partial charge is 0.309 e. The molecule has 1 fully saturated rings. The Balaban J connectivity index is 1.74. The van der Waals surface area contributed by atoms with Crippen molar-refractivity contribution in [3.8, 4) is 10.6 Å². The molecule has 1 N–H and O–H groups in total. The first-order chi connectivity index (χ1) is 8.31. The number of aromatic nitrogens is 1. The Labute approximate surface area is 104 Å². The SMILES string of the molecule is Fc1cccc(-c2ncc(CNC3CC3)s2)c1. The lowest BCUT2D eigenvalue weighted by atomic mass is 10.2. The molecule has 1 saturated carbocycles. The summed E-state index contributed by atoms with van der Waals surface area (Å²) in [5.41, 5.74) is 0.854. The average Bonchev–Trinajstić information content (AvgIpc) is 3.04. The topological polar surface area (TPSA) is 24.9 Å². The summed E-state index contributed by atoms with van der Waals surface area (Å²) in [7, 11) is 0. The molecule has 1 aliphatic carbocycles. The van der Waals surface area contributed by atoms with E-state index < -0.39 is 0 Å². The van der Waals surface area contributed by atoms with Gasteiger partial charge in [0, 0.05) is 29.2 Å². The summed E-state index contributed by atoms with van der Waals surface area (Å²) in [6.45, 7) is 0.873. The van der Waals surface area contributed by atoms with E-state index in [1.165, 1.54) is 29.9 Å². The monoisotopic (exact) mass is 248 g/mol. The zero-order valence-electron chi connectivity index (χ0n) is 9.32. The van der Waals surface area contributed by atoms with Crippen LogP contribution in [0, 0.1) is 5.82 Å². The van der Waals surface area contributed by atoms with E-state index in [1.807, 2.05) is 12.3 Å². The van der Waals surface area contributed by atoms with Crippen molar-refractivity contribution in [3.05, 3.63) is 41.2 Å². The first-order valence-electron chi connectivity index (χ1n) is 5.75. The van der Waals surface area contributed by atoms with E-state index in [2.05, 4.69) is 10.3 Å². The highest BCUT2D eigenvalue weighted by Gasteiger charge is 2.20. The van der Waals surface area contributed by atoms with Crippen molar-refractivity contribution in [1.82, 2.24) is 10.3 Å². The highest BCUT2D eigenvalue weighted by atomic mass is 32.1. The van der Waals surface area contributed by atoms with Crippen LogP contribution in [0.25, 0.3) is 10.6 Å². The number of nitrogens with zero attached hydrogens (tertiary/aromatic N) is 1. The van der Waals surface area contributed by atoms with Crippen molar-refractivity contribution in [1.29, 1.82) is 0 Å². The number of hydrogen-bond acceptors (Lipinski definition) is 3. The highest BCUT2D eigenvalue weighted by Crippen LogP contribution is 2.26. The van der Waals surface area contributed by atoms with Gasteiger partial charge in [-0.05, 0) is 25.0 Å². The number of thiazole rings is 1. The minimum Gasteiger partial charge on any atom is -0.309 e. The third-order valence-electron chi connectivity index (χ3n) is 2.77. The Hall–Kier alpha value is -1.26. The molecule has 0 aliphatic heterocycles. The van der Waals surface area contributed by atoms with Gasteiger partial charge in [0.05, 0.1) is 0 Å². The van der Waals surface area contributed by atoms with Gasteiger partial charge in [-0.25, -0.2) is 9.37 Å². The van der Waals surface area contributed by atoms with Crippen LogP contribution >= 0.6 is 11.3 Å². The number of halogens is 1. The molecule has 1 aromatic carbocycles. The van der Waals surface area contributed by atoms with Crippen molar-refractivity contribution in [2.24, 2.45) is 0 Å². The molecule has 2 nitrogen and oxygen atoms in total. The summed E-state index contributed by atoms with van der Waals surface area (Å²) in [5.74, 6) is -0.213. The van der Waals surface area contributed by atoms with E-state index in [0.717, 1.165) is 17.1 Å². The lowest BCUT2D eigenvalue weighted by Crippen LogP contribution is -2.14. The molecule has 0 radical (unpaired) electrons. The minimum atomic E-state index is -0.213. The van der Waals surface area contributed by atoms with Crippen molar-refractivity contribution < 1.29 is 4.39 Å². The summed E-state index contributed by atoms with van der Waals surface area (Å²) in [5, 5.41) is 4.33. The van der Waals surface area contributed by atoms with Crippen LogP contribution in [-0.2, 0) is 6.54 Å². The maximum atomic E-state index is 13.1. The van der Waals surface area contributed by atoms with Gasteiger partial charge in [0.2, 0.25) is 0 Å². The zero-order valence-corrected chi connectivity index (χ0v) is 10.1. The fourth-order valence-corrected chi connectivity index (χ4v) is 2.54. The molecule has 17 heavy (non-hydrogen) atoms. The van der Waals surface area contributed by atoms with Crippen LogP contribution in [0.15, 0.2) is 30.5 Å². The molecule has 3 rings (SSSR count). The Morgan fingerprint density at radius 2 is 2.29 bits per heavy atom. The Bertz CT molecular complexity index is 520. The van der Waals surface area contributed by atoms with Gasteiger partial charge in [-0.2, -0.15) is 0 Å². The lowest BCUT2D eigenvalue weighted by Gasteiger charge is -1.97. The predicted octanol–water partition coefficient (Wildman–Crippen LogP) is 3.20. The Kier molecular flexibility index (Phi) is 2.91. The molecule has 0 saturated heterocycles. The van der Waals surface area contributed by atoms with E-state index in [1.54, 1.807) is 17.4 Å². The molecule has 0 amide bonds. The number of nitrogens with one attached hydrogen (secondary N) is 1. The summed E-state index contributed by atoms with van der Waals surface area (Å²) in [4.78, 5) is 5.54. The van der Waals surface area contributed by atoms with Crippen LogP contribution < -0.4 is 5.32 Å². The number of benzene rings is 1. The van der Waals surface area contributed by atoms with Crippen LogP contribution in [0.1, 0.15) is 17.7 Å². The summed E-state index contributed by atoms with van der Waals surface area (Å²) in [6, 6.07) is 7.28. The van der Waals surface area contributed by atoms with Crippen molar-refractivity contribution in [2.45, 2.75) is 25.4 Å². The smallest absolute Gasteiger partial charge is 0.123 e. The molecule has 2 aromatic rings. The minimum absolute atomic E-state index is 0.213. The normalized spacial score (nSPS) is 15.1. The van der Waals surface area contributed by atoms with Gasteiger partial charge in [0.15, 0.2) is 0 Å². The fraction of sp³-hybridized carbons (Fsp3) is 0.308. The zero-order chi connectivity index (χ0) is 11.7. The number of rotatable bonds is 4. The number of hydrogen-bond donors (Lipinski definition) is 1. The second kappa shape index (κ2) is 4.55. The van der Waals surface area contributed by atoms with Crippen molar-refractivity contribution in [2.75, 3.05) is 0 Å². The predicted molar refractivity (Wildman–Crippen MR) is 67.4 cm³/mol. The van der Waals surface area contributed by atoms with Crippen LogP contribution in [0.2, 0.25) is 0 Å². The van der Waals surface area contributed by atoms with Gasteiger partial charge in [-0.1, -0.05) is 12.1 Å². The van der Waals surface area contributed by atoms with Crippen LogP contribution in [0.4, 0.5) is 4.39 Å². The van der Waals surface area contributed by atoms with Crippen LogP contribution in [0.3, 0.4) is 0 Å². The molecule has 4 heteroatoms. The maximum Gasteiger partial charge on any atom is 0.123 e. The standard InChI is InChI=1S/C13H13FN2S/c14-10-3-1-2-9(6-10)13-16-8-12(17-13)7-15-11-4-5-11/h1-3,6,8,11,15H,4-5,7H2. The molecular weight excluding hydrogens is 235 g/mol. The molecule has 1 aliphatic rings. The van der Waals surface area contributed by atoms with E-state index in [0.29, 0.717) is 6.04 Å². The molecule has 0 spiro atoms. The first-order valence-corrected chi connectivity index (χ1v) is 6.57. The summed E-state index contributed by atoms with van der Waals surface area (Å²) in [6.07, 6.45) is 4.45. The van der Waals surface area contributed by atoms with Gasteiger partial charge in [0.25, 0.3) is 0 Å². The molecule has 88 valence electrons. The maximum absolute atomic E-state index is 13.1. The third-order valence-corrected chi connectivity index (χ3v) is 3.81. The molecule has 1 heterocycles. The summed E-state index contributed by atoms with van der Waals surface area (Å²) >= 11 is 1.62. The van der Waals surface area contributed by atoms with Gasteiger partial charge >= 0.3 is 0 Å². The fourth-order valence-electron chi connectivity index (χ4n) is 1.68. The third kappa shape index (κ3) is 2.70. The van der Waals surface area contributed by atoms with Crippen LogP contribution in [0.5, 0.6) is 0 Å². The molecule has 1 aromatic heterocycles. The van der Waals surface area contributed by atoms with E-state index in [9.17, 15) is 4.39 Å². The molecular formula is C13H13FN2S. The van der Waals surface area contributed by atoms with Gasteiger partial charge in [-0.15, -0.1) is 11.3 Å². The Morgan fingerprint density at radius 3 is 3.06 bits per heavy atom. The van der Waals surface area contributed by atoms with Gasteiger partial charge in [0.1, 0.15) is 10.8 Å². The van der Waals surface area contributed by atoms with Crippen molar-refractivity contribution in [3.63, 3.8) is 0 Å². The Morgan fingerprint density at radius 1 is 1.41 bits per heavy atom. The summed E-state index contributed by atoms with van der Waals surface area (Å²) < 4.78 is 13.1. The molecule has 0 bridgehead atoms. The first kappa shape index (κ1) is 10.9. The lowest BCUT2D eigenvalue weighted by molar-refractivity contribution is 0.628. The second-order valence-corrected chi connectivity index (χ2v) is 5.41. The van der Waals surface area contributed by atoms with Crippen LogP contribution in [-0.4, -0.2) is 11.0 Å². The molecule has 0 atom stereocenters. The second-order valence-electron chi connectivity index (χ2n) is 4.30. The van der Waals surface area contributed by atoms with Gasteiger partial charge < -0.3 is 5.32 Å². The van der Waals surface area contributed by atoms with E-state index in [-0.39, 0.29) is 5.82 Å². The van der Waals surface area contributed by atoms with Gasteiger partial charge in [-0.3, -0.25) is 0 Å². The molecule has 0 unspecified atom stereocenters.